The lowest BCUT2D eigenvalue weighted by molar-refractivity contribution is 0.0496. The van der Waals surface area contributed by atoms with Gasteiger partial charge < -0.3 is 20.4 Å². The van der Waals surface area contributed by atoms with Crippen molar-refractivity contribution in [3.8, 4) is 0 Å². The van der Waals surface area contributed by atoms with Crippen molar-refractivity contribution in [3.05, 3.63) is 22.5 Å². The second kappa shape index (κ2) is 8.15. The van der Waals surface area contributed by atoms with E-state index in [0.717, 1.165) is 0 Å². The number of hydrogen-bond acceptors (Lipinski definition) is 4. The van der Waals surface area contributed by atoms with Crippen LogP contribution in [0.3, 0.4) is 0 Å². The zero-order chi connectivity index (χ0) is 21.2. The number of carbonyl (C=O) groups is 3. The molecule has 0 aliphatic carbocycles. The lowest BCUT2D eigenvalue weighted by atomic mass is 9.88. The molecule has 1 rings (SSSR count). The minimum Gasteiger partial charge on any atom is -0.444 e. The normalized spacial score (nSPS) is 13.9. The quantitative estimate of drug-likeness (QED) is 0.659. The van der Waals surface area contributed by atoms with Crippen molar-refractivity contribution < 1.29 is 19.1 Å². The molecule has 0 saturated heterocycles. The van der Waals surface area contributed by atoms with Gasteiger partial charge in [-0.25, -0.2) is 4.79 Å². The van der Waals surface area contributed by atoms with Crippen LogP contribution >= 0.6 is 0 Å². The third kappa shape index (κ3) is 5.84. The molecule has 0 fully saturated rings. The first kappa shape index (κ1) is 22.7. The number of ketones is 1. The van der Waals surface area contributed by atoms with Gasteiger partial charge in [0.05, 0.1) is 5.54 Å². The Morgan fingerprint density at radius 3 is 2.07 bits per heavy atom. The van der Waals surface area contributed by atoms with Gasteiger partial charge in [-0.15, -0.1) is 0 Å². The maximum atomic E-state index is 12.8. The second-order valence-electron chi connectivity index (χ2n) is 8.56. The number of H-pyrrole nitrogens is 1. The van der Waals surface area contributed by atoms with Crippen LogP contribution in [0.25, 0.3) is 0 Å². The van der Waals surface area contributed by atoms with Crippen LogP contribution in [0.15, 0.2) is 0 Å². The van der Waals surface area contributed by atoms with Gasteiger partial charge in [-0.2, -0.15) is 0 Å². The van der Waals surface area contributed by atoms with Crippen LogP contribution in [0.1, 0.15) is 80.6 Å². The average Bonchev–Trinajstić information content (AvgIpc) is 2.78. The molecule has 0 saturated carbocycles. The van der Waals surface area contributed by atoms with Crippen LogP contribution in [0.5, 0.6) is 0 Å². The number of amides is 2. The summed E-state index contributed by atoms with van der Waals surface area (Å²) in [6.07, 6.45) is -0.533. The first-order chi connectivity index (χ1) is 12.2. The zero-order valence-corrected chi connectivity index (χ0v) is 17.9. The highest BCUT2D eigenvalue weighted by molar-refractivity contribution is 6.02. The Morgan fingerprint density at radius 2 is 1.67 bits per heavy atom. The predicted molar refractivity (Wildman–Crippen MR) is 105 cm³/mol. The Labute approximate surface area is 161 Å². The second-order valence-corrected chi connectivity index (χ2v) is 8.56. The van der Waals surface area contributed by atoms with E-state index in [4.69, 9.17) is 4.74 Å². The molecule has 27 heavy (non-hydrogen) atoms. The van der Waals surface area contributed by atoms with E-state index in [1.165, 1.54) is 6.92 Å². The molecule has 0 aromatic carbocycles. The standard InChI is InChI=1S/C20H33N3O4/c1-11(2)20(9,10-21-18(26)27-19(6,7)8)23-17(25)16-12(3)15(14(5)24)13(4)22-16/h11,22H,10H2,1-9H3,(H,21,26)(H,23,25). The number of aromatic amines is 1. The molecule has 0 bridgehead atoms. The molecule has 1 aromatic heterocycles. The van der Waals surface area contributed by atoms with Gasteiger partial charge >= 0.3 is 6.09 Å². The fourth-order valence-electron chi connectivity index (χ4n) is 2.79. The average molecular weight is 380 g/mol. The van der Waals surface area contributed by atoms with Gasteiger partial charge in [0, 0.05) is 17.8 Å². The Kier molecular flexibility index (Phi) is 6.86. The van der Waals surface area contributed by atoms with Crippen LogP contribution in [-0.4, -0.2) is 40.5 Å². The number of aryl methyl sites for hydroxylation is 1. The zero-order valence-electron chi connectivity index (χ0n) is 17.9. The Hall–Kier alpha value is -2.31. The fourth-order valence-corrected chi connectivity index (χ4v) is 2.79. The van der Waals surface area contributed by atoms with Crippen molar-refractivity contribution in [2.45, 2.75) is 73.5 Å². The Morgan fingerprint density at radius 1 is 1.11 bits per heavy atom. The topological polar surface area (TPSA) is 100 Å². The van der Waals surface area contributed by atoms with Crippen LogP contribution in [-0.2, 0) is 4.74 Å². The van der Waals surface area contributed by atoms with Crippen LogP contribution in [0, 0.1) is 19.8 Å². The maximum absolute atomic E-state index is 12.8. The van der Waals surface area contributed by atoms with E-state index < -0.39 is 17.2 Å². The number of ether oxygens (including phenoxy) is 1. The largest absolute Gasteiger partial charge is 0.444 e. The molecule has 1 aromatic rings. The highest BCUT2D eigenvalue weighted by atomic mass is 16.6. The molecule has 0 radical (unpaired) electrons. The van der Waals surface area contributed by atoms with E-state index in [0.29, 0.717) is 22.5 Å². The number of rotatable bonds is 6. The van der Waals surface area contributed by atoms with E-state index in [2.05, 4.69) is 15.6 Å². The molecule has 2 amide bonds. The molecule has 0 aliphatic rings. The van der Waals surface area contributed by atoms with Crippen molar-refractivity contribution in [1.29, 1.82) is 0 Å². The monoisotopic (exact) mass is 379 g/mol. The van der Waals surface area contributed by atoms with Gasteiger partial charge in [-0.05, 0) is 59.9 Å². The summed E-state index contributed by atoms with van der Waals surface area (Å²) in [5, 5.41) is 5.72. The van der Waals surface area contributed by atoms with E-state index in [1.54, 1.807) is 34.6 Å². The van der Waals surface area contributed by atoms with Gasteiger partial charge in [0.15, 0.2) is 5.78 Å². The number of carbonyl (C=O) groups excluding carboxylic acids is 3. The Balaban J connectivity index is 2.96. The third-order valence-electron chi connectivity index (χ3n) is 4.69. The van der Waals surface area contributed by atoms with Gasteiger partial charge in [0.2, 0.25) is 0 Å². The Bertz CT molecular complexity index is 728. The molecule has 0 aliphatic heterocycles. The van der Waals surface area contributed by atoms with E-state index >= 15 is 0 Å². The van der Waals surface area contributed by atoms with Crippen molar-refractivity contribution in [1.82, 2.24) is 15.6 Å². The van der Waals surface area contributed by atoms with E-state index in [9.17, 15) is 14.4 Å². The highest BCUT2D eigenvalue weighted by Gasteiger charge is 2.33. The van der Waals surface area contributed by atoms with Gasteiger partial charge in [0.1, 0.15) is 11.3 Å². The third-order valence-corrected chi connectivity index (χ3v) is 4.69. The van der Waals surface area contributed by atoms with Crippen molar-refractivity contribution in [2.24, 2.45) is 5.92 Å². The molecule has 0 spiro atoms. The SMILES string of the molecule is CC(=O)c1c(C)[nH]c(C(=O)NC(C)(CNC(=O)OC(C)(C)C)C(C)C)c1C. The lowest BCUT2D eigenvalue weighted by Crippen LogP contribution is -2.57. The molecule has 1 atom stereocenters. The summed E-state index contributed by atoms with van der Waals surface area (Å²) in [5.41, 5.74) is 0.909. The molecule has 1 unspecified atom stereocenters. The smallest absolute Gasteiger partial charge is 0.407 e. The fraction of sp³-hybridized carbons (Fsp3) is 0.650. The van der Waals surface area contributed by atoms with Crippen molar-refractivity contribution >= 4 is 17.8 Å². The lowest BCUT2D eigenvalue weighted by Gasteiger charge is -2.35. The number of nitrogens with one attached hydrogen (secondary N) is 3. The summed E-state index contributed by atoms with van der Waals surface area (Å²) >= 11 is 0. The molecule has 1 heterocycles. The summed E-state index contributed by atoms with van der Waals surface area (Å²) in [6, 6.07) is 0. The van der Waals surface area contributed by atoms with Crippen LogP contribution < -0.4 is 10.6 Å². The number of hydrogen-bond donors (Lipinski definition) is 3. The van der Waals surface area contributed by atoms with Gasteiger partial charge in [-0.1, -0.05) is 13.8 Å². The molecule has 3 N–H and O–H groups in total. The summed E-state index contributed by atoms with van der Waals surface area (Å²) < 4.78 is 5.26. The molecule has 152 valence electrons. The summed E-state index contributed by atoms with van der Waals surface area (Å²) in [4.78, 5) is 39.6. The van der Waals surface area contributed by atoms with E-state index in [1.807, 2.05) is 20.8 Å². The molecular weight excluding hydrogens is 346 g/mol. The molecule has 7 nitrogen and oxygen atoms in total. The van der Waals surface area contributed by atoms with Crippen LogP contribution in [0.4, 0.5) is 4.79 Å². The molecular formula is C20H33N3O4. The maximum Gasteiger partial charge on any atom is 0.407 e. The first-order valence-corrected chi connectivity index (χ1v) is 9.17. The number of aromatic nitrogens is 1. The van der Waals surface area contributed by atoms with Crippen molar-refractivity contribution in [2.75, 3.05) is 6.54 Å². The number of Topliss-reactive ketones (excluding diaryl/α,β-unsaturated/α-hetero) is 1. The predicted octanol–water partition coefficient (Wildman–Crippen LogP) is 3.50. The van der Waals surface area contributed by atoms with E-state index in [-0.39, 0.29) is 24.2 Å². The number of alkyl carbamates (subject to hydrolysis) is 1. The first-order valence-electron chi connectivity index (χ1n) is 9.17. The minimum atomic E-state index is -0.699. The molecule has 7 heteroatoms. The minimum absolute atomic E-state index is 0.0417. The van der Waals surface area contributed by atoms with Gasteiger partial charge in [0.25, 0.3) is 5.91 Å². The summed E-state index contributed by atoms with van der Waals surface area (Å²) in [7, 11) is 0. The summed E-state index contributed by atoms with van der Waals surface area (Å²) in [5.74, 6) is -0.358. The van der Waals surface area contributed by atoms with Gasteiger partial charge in [-0.3, -0.25) is 9.59 Å². The van der Waals surface area contributed by atoms with Crippen molar-refractivity contribution in [3.63, 3.8) is 0 Å². The van der Waals surface area contributed by atoms with Crippen LogP contribution in [0.2, 0.25) is 0 Å². The summed E-state index contributed by atoms with van der Waals surface area (Å²) in [6.45, 7) is 16.4. The highest BCUT2D eigenvalue weighted by Crippen LogP contribution is 2.21.